The van der Waals surface area contributed by atoms with Gasteiger partial charge in [0.25, 0.3) is 5.91 Å². The van der Waals surface area contributed by atoms with Gasteiger partial charge in [0, 0.05) is 17.6 Å². The summed E-state index contributed by atoms with van der Waals surface area (Å²) in [4.78, 5) is 27.3. The molecule has 0 bridgehead atoms. The van der Waals surface area contributed by atoms with Crippen LogP contribution in [0, 0.1) is 11.8 Å². The van der Waals surface area contributed by atoms with Gasteiger partial charge in [-0.15, -0.1) is 0 Å². The van der Waals surface area contributed by atoms with Gasteiger partial charge in [-0.1, -0.05) is 50.9 Å². The van der Waals surface area contributed by atoms with Crippen LogP contribution in [0.4, 0.5) is 0 Å². The number of likely N-dealkylation sites (N-methyl/N-ethyl adjacent to an activating group) is 1. The maximum atomic E-state index is 12.6. The highest BCUT2D eigenvalue weighted by molar-refractivity contribution is 6.36. The molecule has 1 aromatic rings. The lowest BCUT2D eigenvalue weighted by atomic mass is 10.0. The van der Waals surface area contributed by atoms with E-state index < -0.39 is 11.9 Å². The van der Waals surface area contributed by atoms with Crippen LogP contribution in [0.15, 0.2) is 18.2 Å². The second-order valence-electron chi connectivity index (χ2n) is 7.34. The van der Waals surface area contributed by atoms with Crippen molar-refractivity contribution in [3.05, 3.63) is 33.8 Å². The smallest absolute Gasteiger partial charge is 0.253 e. The molecule has 1 rings (SSSR count). The molecule has 0 aliphatic rings. The Morgan fingerprint density at radius 2 is 1.69 bits per heavy atom. The number of hydrogen-bond donors (Lipinski definition) is 2. The monoisotopic (exact) mass is 401 g/mol. The quantitative estimate of drug-likeness (QED) is 0.700. The summed E-state index contributed by atoms with van der Waals surface area (Å²) in [6.45, 7) is 8.52. The van der Waals surface area contributed by atoms with Crippen LogP contribution in [0.3, 0.4) is 0 Å². The standard InChI is InChI=1S/C19H29Cl2N3O2/c1-11(2)16(24(5)6)10-22-19(26)17(12(3)4)23-18(25)14-8-7-13(20)9-15(14)21/h7-9,11-12,16-17H,10H2,1-6H3,(H,22,26)(H,23,25)/t16-,17+/m0/s1. The lowest BCUT2D eigenvalue weighted by Gasteiger charge is -2.29. The number of rotatable bonds is 8. The van der Waals surface area contributed by atoms with Crippen molar-refractivity contribution >= 4 is 35.0 Å². The predicted octanol–water partition coefficient (Wildman–Crippen LogP) is 3.45. The van der Waals surface area contributed by atoms with Gasteiger partial charge in [0.05, 0.1) is 10.6 Å². The summed E-state index contributed by atoms with van der Waals surface area (Å²) in [7, 11) is 3.97. The molecule has 7 heteroatoms. The molecule has 26 heavy (non-hydrogen) atoms. The number of amides is 2. The fraction of sp³-hybridized carbons (Fsp3) is 0.579. The van der Waals surface area contributed by atoms with E-state index in [4.69, 9.17) is 23.2 Å². The first-order chi connectivity index (χ1) is 12.0. The molecule has 1 aromatic carbocycles. The molecule has 146 valence electrons. The second-order valence-corrected chi connectivity index (χ2v) is 8.18. The molecule has 0 aliphatic heterocycles. The summed E-state index contributed by atoms with van der Waals surface area (Å²) in [5.74, 6) is -0.272. The third kappa shape index (κ3) is 6.45. The zero-order valence-corrected chi connectivity index (χ0v) is 17.8. The summed E-state index contributed by atoms with van der Waals surface area (Å²) < 4.78 is 0. The fourth-order valence-corrected chi connectivity index (χ4v) is 3.25. The third-order valence-corrected chi connectivity index (χ3v) is 4.88. The van der Waals surface area contributed by atoms with E-state index in [1.807, 2.05) is 27.9 Å². The number of carbonyl (C=O) groups is 2. The first-order valence-electron chi connectivity index (χ1n) is 8.74. The highest BCUT2D eigenvalue weighted by Gasteiger charge is 2.26. The highest BCUT2D eigenvalue weighted by Crippen LogP contribution is 2.21. The summed E-state index contributed by atoms with van der Waals surface area (Å²) >= 11 is 12.0. The van der Waals surface area contributed by atoms with Crippen LogP contribution in [-0.2, 0) is 4.79 Å². The lowest BCUT2D eigenvalue weighted by Crippen LogP contribution is -2.52. The first-order valence-corrected chi connectivity index (χ1v) is 9.50. The Labute approximate surface area is 166 Å². The Balaban J connectivity index is 2.81. The van der Waals surface area contributed by atoms with E-state index in [1.54, 1.807) is 12.1 Å². The lowest BCUT2D eigenvalue weighted by molar-refractivity contribution is -0.124. The number of nitrogens with one attached hydrogen (secondary N) is 2. The zero-order valence-electron chi connectivity index (χ0n) is 16.3. The van der Waals surface area contributed by atoms with E-state index in [0.717, 1.165) is 0 Å². The molecule has 0 heterocycles. The fourth-order valence-electron chi connectivity index (χ4n) is 2.76. The number of benzene rings is 1. The van der Waals surface area contributed by atoms with Crippen LogP contribution in [-0.4, -0.2) is 49.4 Å². The molecule has 0 aromatic heterocycles. The van der Waals surface area contributed by atoms with Crippen molar-refractivity contribution in [3.63, 3.8) is 0 Å². The Morgan fingerprint density at radius 1 is 1.08 bits per heavy atom. The number of nitrogens with zero attached hydrogens (tertiary/aromatic N) is 1. The Hall–Kier alpha value is -1.30. The van der Waals surface area contributed by atoms with Crippen molar-refractivity contribution in [2.75, 3.05) is 20.6 Å². The normalized spacial score (nSPS) is 13.8. The maximum Gasteiger partial charge on any atom is 0.253 e. The van der Waals surface area contributed by atoms with Gasteiger partial charge in [0.15, 0.2) is 0 Å². The van der Waals surface area contributed by atoms with Gasteiger partial charge >= 0.3 is 0 Å². The number of carbonyl (C=O) groups excluding carboxylic acids is 2. The molecule has 0 saturated heterocycles. The summed E-state index contributed by atoms with van der Waals surface area (Å²) in [6.07, 6.45) is 0. The SMILES string of the molecule is CC(C)[C@@H](NC(=O)c1ccc(Cl)cc1Cl)C(=O)NC[C@@H](C(C)C)N(C)C. The van der Waals surface area contributed by atoms with Crippen LogP contribution < -0.4 is 10.6 Å². The molecule has 2 atom stereocenters. The van der Waals surface area contributed by atoms with Crippen molar-refractivity contribution < 1.29 is 9.59 Å². The average molecular weight is 402 g/mol. The molecule has 0 unspecified atom stereocenters. The van der Waals surface area contributed by atoms with Gasteiger partial charge in [-0.05, 0) is 44.1 Å². The van der Waals surface area contributed by atoms with Crippen LogP contribution in [0.2, 0.25) is 10.0 Å². The predicted molar refractivity (Wildman–Crippen MR) is 108 cm³/mol. The van der Waals surface area contributed by atoms with Crippen LogP contribution in [0.5, 0.6) is 0 Å². The van der Waals surface area contributed by atoms with Gasteiger partial charge in [-0.3, -0.25) is 9.59 Å². The number of hydrogen-bond acceptors (Lipinski definition) is 3. The van der Waals surface area contributed by atoms with E-state index in [-0.39, 0.29) is 22.9 Å². The van der Waals surface area contributed by atoms with E-state index >= 15 is 0 Å². The zero-order chi connectivity index (χ0) is 20.0. The molecule has 0 fully saturated rings. The average Bonchev–Trinajstić information content (AvgIpc) is 2.51. The Morgan fingerprint density at radius 3 is 2.15 bits per heavy atom. The first kappa shape index (κ1) is 22.7. The molecule has 5 nitrogen and oxygen atoms in total. The molecular weight excluding hydrogens is 373 g/mol. The van der Waals surface area contributed by atoms with Crippen LogP contribution in [0.1, 0.15) is 38.1 Å². The van der Waals surface area contributed by atoms with Gasteiger partial charge in [-0.2, -0.15) is 0 Å². The molecule has 0 radical (unpaired) electrons. The molecular formula is C19H29Cl2N3O2. The van der Waals surface area contributed by atoms with E-state index in [2.05, 4.69) is 29.4 Å². The maximum absolute atomic E-state index is 12.6. The largest absolute Gasteiger partial charge is 0.353 e. The molecule has 2 amide bonds. The van der Waals surface area contributed by atoms with Crippen molar-refractivity contribution in [2.24, 2.45) is 11.8 Å². The van der Waals surface area contributed by atoms with Crippen molar-refractivity contribution in [2.45, 2.75) is 39.8 Å². The molecule has 2 N–H and O–H groups in total. The Kier molecular flexibility index (Phi) is 8.87. The van der Waals surface area contributed by atoms with Gasteiger partial charge in [0.1, 0.15) is 6.04 Å². The molecule has 0 saturated carbocycles. The van der Waals surface area contributed by atoms with Gasteiger partial charge < -0.3 is 15.5 Å². The van der Waals surface area contributed by atoms with Crippen molar-refractivity contribution in [1.29, 1.82) is 0 Å². The van der Waals surface area contributed by atoms with Gasteiger partial charge in [0.2, 0.25) is 5.91 Å². The minimum absolute atomic E-state index is 0.0677. The molecule has 0 aliphatic carbocycles. The minimum Gasteiger partial charge on any atom is -0.353 e. The van der Waals surface area contributed by atoms with E-state index in [0.29, 0.717) is 23.0 Å². The Bertz CT molecular complexity index is 625. The molecule has 0 spiro atoms. The summed E-state index contributed by atoms with van der Waals surface area (Å²) in [5.41, 5.74) is 0.294. The van der Waals surface area contributed by atoms with Crippen LogP contribution >= 0.6 is 23.2 Å². The highest BCUT2D eigenvalue weighted by atomic mass is 35.5. The van der Waals surface area contributed by atoms with Gasteiger partial charge in [-0.25, -0.2) is 0 Å². The van der Waals surface area contributed by atoms with Crippen LogP contribution in [0.25, 0.3) is 0 Å². The van der Waals surface area contributed by atoms with E-state index in [9.17, 15) is 9.59 Å². The van der Waals surface area contributed by atoms with Crippen molar-refractivity contribution in [3.8, 4) is 0 Å². The minimum atomic E-state index is -0.649. The van der Waals surface area contributed by atoms with Crippen molar-refractivity contribution in [1.82, 2.24) is 15.5 Å². The van der Waals surface area contributed by atoms with E-state index in [1.165, 1.54) is 6.07 Å². The second kappa shape index (κ2) is 10.1. The summed E-state index contributed by atoms with van der Waals surface area (Å²) in [5, 5.41) is 6.45. The third-order valence-electron chi connectivity index (χ3n) is 4.33. The topological polar surface area (TPSA) is 61.4 Å². The summed E-state index contributed by atoms with van der Waals surface area (Å²) in [6, 6.07) is 4.22. The number of halogens is 2.